The van der Waals surface area contributed by atoms with Gasteiger partial charge >= 0.3 is 0 Å². The Labute approximate surface area is 163 Å². The van der Waals surface area contributed by atoms with Crippen LogP contribution in [0.15, 0.2) is 18.2 Å². The number of fused-ring (bicyclic) bond motifs is 5. The van der Waals surface area contributed by atoms with Gasteiger partial charge in [0.2, 0.25) is 5.91 Å². The number of carbonyl (C=O) groups is 1. The third kappa shape index (κ3) is 4.20. The molecule has 0 unspecified atom stereocenters. The van der Waals surface area contributed by atoms with E-state index in [1.165, 1.54) is 24.0 Å². The molecule has 4 aliphatic heterocycles. The molecular formula is C22H33N3O2. The maximum Gasteiger partial charge on any atom is 0.241 e. The van der Waals surface area contributed by atoms with E-state index < -0.39 is 0 Å². The summed E-state index contributed by atoms with van der Waals surface area (Å²) >= 11 is 0. The van der Waals surface area contributed by atoms with Crippen LogP contribution in [0.2, 0.25) is 0 Å². The molecule has 0 saturated carbocycles. The first-order valence-electron chi connectivity index (χ1n) is 10.5. The largest absolute Gasteiger partial charge is 0.383 e. The van der Waals surface area contributed by atoms with Crippen LogP contribution in [0.4, 0.5) is 5.69 Å². The van der Waals surface area contributed by atoms with Crippen molar-refractivity contribution in [3.05, 3.63) is 29.3 Å². The normalized spacial score (nSPS) is 26.1. The van der Waals surface area contributed by atoms with Crippen LogP contribution in [0.1, 0.15) is 30.4 Å². The van der Waals surface area contributed by atoms with Crippen molar-refractivity contribution in [2.24, 2.45) is 5.92 Å². The molecule has 0 aliphatic carbocycles. The summed E-state index contributed by atoms with van der Waals surface area (Å²) in [7, 11) is 1.78. The predicted octanol–water partition coefficient (Wildman–Crippen LogP) is 2.32. The molecule has 2 atom stereocenters. The summed E-state index contributed by atoms with van der Waals surface area (Å²) in [5, 5.41) is 0. The average Bonchev–Trinajstić information content (AvgIpc) is 2.96. The molecule has 5 heteroatoms. The number of amides is 1. The Morgan fingerprint density at radius 1 is 1.22 bits per heavy atom. The first-order chi connectivity index (χ1) is 13.1. The Morgan fingerprint density at radius 2 is 2.11 bits per heavy atom. The minimum atomic E-state index is 0.268. The highest BCUT2D eigenvalue weighted by Gasteiger charge is 2.35. The minimum absolute atomic E-state index is 0.268. The van der Waals surface area contributed by atoms with Crippen LogP contribution in [0.3, 0.4) is 0 Å². The maximum absolute atomic E-state index is 13.2. The van der Waals surface area contributed by atoms with Crippen LogP contribution in [-0.2, 0) is 16.0 Å². The van der Waals surface area contributed by atoms with Gasteiger partial charge in [-0.2, -0.15) is 0 Å². The number of benzene rings is 1. The summed E-state index contributed by atoms with van der Waals surface area (Å²) in [6, 6.07) is 7.09. The second kappa shape index (κ2) is 8.29. The number of rotatable bonds is 5. The SMILES string of the molecule is COCCN1C[C@@H]2CC[C@H]1CN(CC(=O)N1CCCc3cc(C)ccc31)C2. The predicted molar refractivity (Wildman–Crippen MR) is 108 cm³/mol. The number of hydrogen-bond acceptors (Lipinski definition) is 4. The van der Waals surface area contributed by atoms with Gasteiger partial charge in [-0.3, -0.25) is 14.6 Å². The number of hydrogen-bond donors (Lipinski definition) is 0. The van der Waals surface area contributed by atoms with Gasteiger partial charge < -0.3 is 9.64 Å². The summed E-state index contributed by atoms with van der Waals surface area (Å²) in [4.78, 5) is 20.2. The fourth-order valence-corrected chi connectivity index (χ4v) is 5.15. The summed E-state index contributed by atoms with van der Waals surface area (Å²) in [5.41, 5.74) is 3.75. The number of aryl methyl sites for hydroxylation is 2. The lowest BCUT2D eigenvalue weighted by molar-refractivity contribution is -0.119. The molecule has 148 valence electrons. The average molecular weight is 372 g/mol. The van der Waals surface area contributed by atoms with Crippen molar-refractivity contribution in [3.8, 4) is 0 Å². The van der Waals surface area contributed by atoms with Crippen molar-refractivity contribution in [1.29, 1.82) is 0 Å². The fraction of sp³-hybridized carbons (Fsp3) is 0.682. The smallest absolute Gasteiger partial charge is 0.241 e. The van der Waals surface area contributed by atoms with Crippen molar-refractivity contribution < 1.29 is 9.53 Å². The van der Waals surface area contributed by atoms with Crippen molar-refractivity contribution in [3.63, 3.8) is 0 Å². The molecule has 0 N–H and O–H groups in total. The summed E-state index contributed by atoms with van der Waals surface area (Å²) in [5.74, 6) is 0.953. The first kappa shape index (κ1) is 18.9. The maximum atomic E-state index is 13.2. The molecule has 1 aromatic rings. The molecule has 3 saturated heterocycles. The van der Waals surface area contributed by atoms with E-state index in [9.17, 15) is 4.79 Å². The van der Waals surface area contributed by atoms with E-state index in [1.54, 1.807) is 7.11 Å². The van der Waals surface area contributed by atoms with Crippen LogP contribution in [-0.4, -0.2) is 74.7 Å². The Kier molecular flexibility index (Phi) is 5.81. The van der Waals surface area contributed by atoms with E-state index in [1.807, 2.05) is 4.90 Å². The molecule has 0 radical (unpaired) electrons. The molecule has 0 aromatic heterocycles. The van der Waals surface area contributed by atoms with E-state index in [4.69, 9.17) is 4.74 Å². The zero-order valence-corrected chi connectivity index (χ0v) is 16.8. The molecule has 5 rings (SSSR count). The third-order valence-corrected chi connectivity index (χ3v) is 6.50. The standard InChI is InChI=1S/C22H33N3O2/c1-17-5-8-21-19(12-17)4-3-9-25(21)22(26)16-23-13-18-6-7-20(15-23)24(14-18)10-11-27-2/h5,8,12,18,20H,3-4,6-7,9-11,13-16H2,1-2H3/t18-,20+/m1/s1. The lowest BCUT2D eigenvalue weighted by Gasteiger charge is -2.36. The third-order valence-electron chi connectivity index (χ3n) is 6.50. The topological polar surface area (TPSA) is 36.0 Å². The van der Waals surface area contributed by atoms with Crippen LogP contribution in [0, 0.1) is 12.8 Å². The molecule has 4 heterocycles. The Bertz CT molecular complexity index is 678. The highest BCUT2D eigenvalue weighted by Crippen LogP contribution is 2.30. The van der Waals surface area contributed by atoms with E-state index in [0.29, 0.717) is 18.5 Å². The van der Waals surface area contributed by atoms with Crippen molar-refractivity contribution in [1.82, 2.24) is 9.80 Å². The summed E-state index contributed by atoms with van der Waals surface area (Å²) in [6.07, 6.45) is 4.71. The molecule has 3 fully saturated rings. The summed E-state index contributed by atoms with van der Waals surface area (Å²) in [6.45, 7) is 8.58. The zero-order chi connectivity index (χ0) is 18.8. The number of anilines is 1. The van der Waals surface area contributed by atoms with Crippen molar-refractivity contribution >= 4 is 11.6 Å². The zero-order valence-electron chi connectivity index (χ0n) is 16.8. The molecule has 1 amide bonds. The second-order valence-corrected chi connectivity index (χ2v) is 8.56. The van der Waals surface area contributed by atoms with Crippen LogP contribution in [0.25, 0.3) is 0 Å². The number of carbonyl (C=O) groups excluding carboxylic acids is 1. The van der Waals surface area contributed by atoms with Gasteiger partial charge in [-0.1, -0.05) is 17.7 Å². The van der Waals surface area contributed by atoms with Gasteiger partial charge in [-0.05, 0) is 50.2 Å². The van der Waals surface area contributed by atoms with Gasteiger partial charge in [0.05, 0.1) is 13.2 Å². The molecule has 27 heavy (non-hydrogen) atoms. The van der Waals surface area contributed by atoms with Crippen LogP contribution in [0.5, 0.6) is 0 Å². The highest BCUT2D eigenvalue weighted by molar-refractivity contribution is 5.96. The molecular weight excluding hydrogens is 338 g/mol. The Morgan fingerprint density at radius 3 is 2.96 bits per heavy atom. The van der Waals surface area contributed by atoms with Crippen molar-refractivity contribution in [2.45, 2.75) is 38.6 Å². The molecule has 2 bridgehead atoms. The Balaban J connectivity index is 1.42. The highest BCUT2D eigenvalue weighted by atomic mass is 16.5. The first-order valence-corrected chi connectivity index (χ1v) is 10.5. The Hall–Kier alpha value is -1.43. The molecule has 5 nitrogen and oxygen atoms in total. The quantitative estimate of drug-likeness (QED) is 0.796. The van der Waals surface area contributed by atoms with Crippen LogP contribution >= 0.6 is 0 Å². The van der Waals surface area contributed by atoms with Gasteiger partial charge in [-0.15, -0.1) is 0 Å². The van der Waals surface area contributed by atoms with Crippen molar-refractivity contribution in [2.75, 3.05) is 57.9 Å². The monoisotopic (exact) mass is 371 g/mol. The van der Waals surface area contributed by atoms with E-state index in [2.05, 4.69) is 34.9 Å². The molecule has 0 spiro atoms. The number of piperidine rings is 1. The lowest BCUT2D eigenvalue weighted by atomic mass is 9.95. The van der Waals surface area contributed by atoms with Gasteiger partial charge in [0.1, 0.15) is 0 Å². The number of ether oxygens (including phenoxy) is 1. The molecule has 1 aromatic carbocycles. The second-order valence-electron chi connectivity index (χ2n) is 8.56. The minimum Gasteiger partial charge on any atom is -0.383 e. The lowest BCUT2D eigenvalue weighted by Crippen LogP contribution is -2.47. The van der Waals surface area contributed by atoms with Gasteiger partial charge in [0.25, 0.3) is 0 Å². The molecule has 4 aliphatic rings. The number of nitrogens with zero attached hydrogens (tertiary/aromatic N) is 3. The van der Waals surface area contributed by atoms with E-state index in [-0.39, 0.29) is 5.91 Å². The van der Waals surface area contributed by atoms with Crippen LogP contribution < -0.4 is 4.90 Å². The summed E-state index contributed by atoms with van der Waals surface area (Å²) < 4.78 is 5.29. The van der Waals surface area contributed by atoms with E-state index in [0.717, 1.165) is 57.9 Å². The fourth-order valence-electron chi connectivity index (χ4n) is 5.15. The van der Waals surface area contributed by atoms with Gasteiger partial charge in [0.15, 0.2) is 0 Å². The van der Waals surface area contributed by atoms with Gasteiger partial charge in [0, 0.05) is 51.6 Å². The van der Waals surface area contributed by atoms with E-state index >= 15 is 0 Å². The number of methoxy groups -OCH3 is 1. The van der Waals surface area contributed by atoms with Gasteiger partial charge in [-0.25, -0.2) is 0 Å².